The molecule has 0 unspecified atom stereocenters. The molecule has 0 radical (unpaired) electrons. The monoisotopic (exact) mass is 553 g/mol. The van der Waals surface area contributed by atoms with Gasteiger partial charge in [0.05, 0.1) is 30.7 Å². The molecule has 2 fully saturated rings. The number of morpholine rings is 1. The molecule has 0 bridgehead atoms. The van der Waals surface area contributed by atoms with Gasteiger partial charge in [0.25, 0.3) is 5.91 Å². The van der Waals surface area contributed by atoms with Gasteiger partial charge in [-0.25, -0.2) is 4.98 Å². The van der Waals surface area contributed by atoms with Crippen LogP contribution in [-0.4, -0.2) is 83.1 Å². The number of amides is 1. The predicted molar refractivity (Wildman–Crippen MR) is 150 cm³/mol. The van der Waals surface area contributed by atoms with Crippen LogP contribution in [0.5, 0.6) is 11.5 Å². The van der Waals surface area contributed by atoms with E-state index in [0.717, 1.165) is 60.1 Å². The van der Waals surface area contributed by atoms with Gasteiger partial charge in [-0.05, 0) is 42.4 Å². The summed E-state index contributed by atoms with van der Waals surface area (Å²) >= 11 is 1.62. The summed E-state index contributed by atoms with van der Waals surface area (Å²) in [6, 6.07) is 3.17. The Bertz CT molecular complexity index is 1380. The lowest BCUT2D eigenvalue weighted by atomic mass is 9.97. The summed E-state index contributed by atoms with van der Waals surface area (Å²) in [5.41, 5.74) is 2.07. The third-order valence-electron chi connectivity index (χ3n) is 7.83. The van der Waals surface area contributed by atoms with Crippen LogP contribution in [0, 0.1) is 0 Å². The molecule has 1 aromatic carbocycles. The zero-order valence-corrected chi connectivity index (χ0v) is 23.2. The first kappa shape index (κ1) is 26.1. The van der Waals surface area contributed by atoms with Crippen LogP contribution in [0.3, 0.4) is 0 Å². The number of aromatic hydroxyl groups is 2. The Kier molecular flexibility index (Phi) is 7.22. The van der Waals surface area contributed by atoms with Gasteiger partial charge in [-0.15, -0.1) is 11.3 Å². The number of anilines is 2. The second-order valence-corrected chi connectivity index (χ2v) is 11.8. The van der Waals surface area contributed by atoms with E-state index in [-0.39, 0.29) is 34.9 Å². The Labute approximate surface area is 231 Å². The van der Waals surface area contributed by atoms with Crippen LogP contribution in [0.2, 0.25) is 0 Å². The molecule has 2 aromatic heterocycles. The molecule has 0 spiro atoms. The fourth-order valence-corrected chi connectivity index (χ4v) is 6.87. The Hall–Kier alpha value is -3.15. The Balaban J connectivity index is 1.33. The van der Waals surface area contributed by atoms with E-state index in [9.17, 15) is 15.0 Å². The average Bonchev–Trinajstić information content (AvgIpc) is 3.31. The van der Waals surface area contributed by atoms with Crippen LogP contribution >= 0.6 is 11.3 Å². The van der Waals surface area contributed by atoms with Gasteiger partial charge in [0.2, 0.25) is 5.95 Å². The number of fused-ring (bicyclic) bond motifs is 3. The summed E-state index contributed by atoms with van der Waals surface area (Å²) < 4.78 is 11.1. The molecular weight excluding hydrogens is 518 g/mol. The number of carbonyl (C=O) groups is 1. The summed E-state index contributed by atoms with van der Waals surface area (Å²) in [4.78, 5) is 29.6. The number of phenolic OH excluding ortho intramolecular Hbond substituents is 2. The maximum Gasteiger partial charge on any atom is 0.257 e. The molecule has 3 N–H and O–H groups in total. The zero-order valence-electron chi connectivity index (χ0n) is 22.4. The highest BCUT2D eigenvalue weighted by Gasteiger charge is 2.31. The highest BCUT2D eigenvalue weighted by molar-refractivity contribution is 7.19. The van der Waals surface area contributed by atoms with E-state index in [1.54, 1.807) is 22.3 Å². The standard InChI is InChI=1S/C28H35N5O5S/c1-16(2)19-13-20(22(35)14-21(19)34)27(36)33-6-3-18-23(15-33)39-26-24(18)25(32-7-11-38-12-8-32)30-28(31-26)29-17-4-9-37-10-5-17/h13-14,16-17,34-35H,3-12,15H2,1-2H3,(H,29,30,31). The number of nitrogens with one attached hydrogen (secondary N) is 1. The van der Waals surface area contributed by atoms with E-state index >= 15 is 0 Å². The summed E-state index contributed by atoms with van der Waals surface area (Å²) in [6.07, 6.45) is 2.54. The third-order valence-corrected chi connectivity index (χ3v) is 8.94. The van der Waals surface area contributed by atoms with E-state index in [0.29, 0.717) is 44.2 Å². The lowest BCUT2D eigenvalue weighted by Crippen LogP contribution is -2.38. The molecule has 1 amide bonds. The molecule has 208 valence electrons. The molecule has 3 aromatic rings. The quantitative estimate of drug-likeness (QED) is 0.433. The molecule has 39 heavy (non-hydrogen) atoms. The van der Waals surface area contributed by atoms with E-state index in [4.69, 9.17) is 19.4 Å². The number of hydrogen-bond donors (Lipinski definition) is 3. The molecule has 11 heteroatoms. The fourth-order valence-electron chi connectivity index (χ4n) is 5.64. The minimum atomic E-state index is -0.237. The van der Waals surface area contributed by atoms with Crippen molar-refractivity contribution in [1.29, 1.82) is 0 Å². The number of thiophene rings is 1. The molecular formula is C28H35N5O5S. The van der Waals surface area contributed by atoms with Crippen molar-refractivity contribution in [2.75, 3.05) is 56.3 Å². The van der Waals surface area contributed by atoms with Gasteiger partial charge in [0, 0.05) is 49.8 Å². The highest BCUT2D eigenvalue weighted by Crippen LogP contribution is 2.41. The second kappa shape index (κ2) is 10.8. The number of phenols is 2. The maximum absolute atomic E-state index is 13.5. The first-order chi connectivity index (χ1) is 18.9. The van der Waals surface area contributed by atoms with Crippen molar-refractivity contribution < 1.29 is 24.5 Å². The maximum atomic E-state index is 13.5. The molecule has 2 saturated heterocycles. The van der Waals surface area contributed by atoms with Crippen molar-refractivity contribution in [3.63, 3.8) is 0 Å². The van der Waals surface area contributed by atoms with Crippen LogP contribution in [0.4, 0.5) is 11.8 Å². The van der Waals surface area contributed by atoms with Crippen LogP contribution in [0.25, 0.3) is 10.2 Å². The van der Waals surface area contributed by atoms with E-state index in [1.807, 2.05) is 13.8 Å². The largest absolute Gasteiger partial charge is 0.508 e. The lowest BCUT2D eigenvalue weighted by molar-refractivity contribution is 0.0734. The van der Waals surface area contributed by atoms with Gasteiger partial charge in [0.1, 0.15) is 22.1 Å². The predicted octanol–water partition coefficient (Wildman–Crippen LogP) is 3.85. The van der Waals surface area contributed by atoms with Crippen LogP contribution in [0.1, 0.15) is 59.0 Å². The number of carbonyl (C=O) groups excluding carboxylic acids is 1. The summed E-state index contributed by atoms with van der Waals surface area (Å²) in [5.74, 6) is 1.16. The van der Waals surface area contributed by atoms with Gasteiger partial charge in [-0.1, -0.05) is 13.8 Å². The number of aromatic nitrogens is 2. The minimum Gasteiger partial charge on any atom is -0.508 e. The highest BCUT2D eigenvalue weighted by atomic mass is 32.1. The Morgan fingerprint density at radius 3 is 2.54 bits per heavy atom. The number of benzene rings is 1. The van der Waals surface area contributed by atoms with Gasteiger partial charge < -0.3 is 34.8 Å². The molecule has 0 aliphatic carbocycles. The summed E-state index contributed by atoms with van der Waals surface area (Å²) in [6.45, 7) is 9.22. The number of hydrogen-bond acceptors (Lipinski definition) is 10. The number of nitrogens with zero attached hydrogens (tertiary/aromatic N) is 4. The Morgan fingerprint density at radius 2 is 1.79 bits per heavy atom. The summed E-state index contributed by atoms with van der Waals surface area (Å²) in [7, 11) is 0. The summed E-state index contributed by atoms with van der Waals surface area (Å²) in [5, 5.41) is 25.3. The van der Waals surface area contributed by atoms with Gasteiger partial charge in [-0.3, -0.25) is 4.79 Å². The molecule has 5 heterocycles. The van der Waals surface area contributed by atoms with Crippen molar-refractivity contribution in [2.45, 2.75) is 51.6 Å². The molecule has 0 saturated carbocycles. The van der Waals surface area contributed by atoms with E-state index in [2.05, 4.69) is 10.2 Å². The van der Waals surface area contributed by atoms with Crippen LogP contribution < -0.4 is 10.2 Å². The van der Waals surface area contributed by atoms with Crippen molar-refractivity contribution in [1.82, 2.24) is 14.9 Å². The van der Waals surface area contributed by atoms with Crippen molar-refractivity contribution in [3.8, 4) is 11.5 Å². The smallest absolute Gasteiger partial charge is 0.257 e. The molecule has 6 rings (SSSR count). The van der Waals surface area contributed by atoms with Crippen molar-refractivity contribution in [2.24, 2.45) is 0 Å². The van der Waals surface area contributed by atoms with Crippen LogP contribution in [0.15, 0.2) is 12.1 Å². The zero-order chi connectivity index (χ0) is 27.1. The SMILES string of the molecule is CC(C)c1cc(C(=O)N2CCc3c(sc4nc(NC5CCOCC5)nc(N5CCOCC5)c34)C2)c(O)cc1O. The van der Waals surface area contributed by atoms with Gasteiger partial charge in [-0.2, -0.15) is 4.98 Å². The average molecular weight is 554 g/mol. The third kappa shape index (κ3) is 5.10. The van der Waals surface area contributed by atoms with E-state index in [1.165, 1.54) is 11.6 Å². The number of rotatable bonds is 5. The fraction of sp³-hybridized carbons (Fsp3) is 0.536. The van der Waals surface area contributed by atoms with Crippen molar-refractivity contribution >= 4 is 39.2 Å². The topological polar surface area (TPSA) is 120 Å². The Morgan fingerprint density at radius 1 is 1.05 bits per heavy atom. The van der Waals surface area contributed by atoms with E-state index < -0.39 is 0 Å². The first-order valence-corrected chi connectivity index (χ1v) is 14.5. The first-order valence-electron chi connectivity index (χ1n) is 13.7. The molecule has 0 atom stereocenters. The van der Waals surface area contributed by atoms with Crippen molar-refractivity contribution in [3.05, 3.63) is 33.7 Å². The van der Waals surface area contributed by atoms with Crippen LogP contribution in [-0.2, 0) is 22.4 Å². The molecule has 10 nitrogen and oxygen atoms in total. The molecule has 3 aliphatic rings. The minimum absolute atomic E-state index is 0.00358. The number of ether oxygens (including phenoxy) is 2. The van der Waals surface area contributed by atoms with Gasteiger partial charge in [0.15, 0.2) is 0 Å². The molecule has 3 aliphatic heterocycles. The second-order valence-electron chi connectivity index (χ2n) is 10.7. The normalized spacial score (nSPS) is 18.5. The van der Waals surface area contributed by atoms with Gasteiger partial charge >= 0.3 is 0 Å². The lowest BCUT2D eigenvalue weighted by Gasteiger charge is -2.30.